The van der Waals surface area contributed by atoms with Crippen LogP contribution < -0.4 is 5.73 Å². The summed E-state index contributed by atoms with van der Waals surface area (Å²) in [6.07, 6.45) is 3.50. The summed E-state index contributed by atoms with van der Waals surface area (Å²) in [5, 5.41) is 7.00. The lowest BCUT2D eigenvalue weighted by Crippen LogP contribution is -2.11. The monoisotopic (exact) mass is 284 g/mol. The van der Waals surface area contributed by atoms with Crippen LogP contribution >= 0.6 is 23.1 Å². The Balaban J connectivity index is 1.97. The van der Waals surface area contributed by atoms with Crippen LogP contribution in [-0.2, 0) is 6.42 Å². The Morgan fingerprint density at radius 3 is 3.00 bits per heavy atom. The first-order chi connectivity index (χ1) is 8.69. The van der Waals surface area contributed by atoms with E-state index in [-0.39, 0.29) is 6.04 Å². The minimum Gasteiger partial charge on any atom is -0.338 e. The molecule has 0 bridgehead atoms. The van der Waals surface area contributed by atoms with Gasteiger partial charge in [-0.1, -0.05) is 5.16 Å². The molecule has 0 saturated heterocycles. The number of aromatic nitrogens is 3. The van der Waals surface area contributed by atoms with E-state index in [1.54, 1.807) is 23.1 Å². The molecule has 0 aromatic carbocycles. The second kappa shape index (κ2) is 6.31. The number of rotatable bonds is 6. The number of nitrogens with zero attached hydrogens (tertiary/aromatic N) is 3. The van der Waals surface area contributed by atoms with Gasteiger partial charge in [0.15, 0.2) is 5.82 Å². The summed E-state index contributed by atoms with van der Waals surface area (Å²) < 4.78 is 5.18. The molecule has 2 aromatic heterocycles. The van der Waals surface area contributed by atoms with E-state index >= 15 is 0 Å². The van der Waals surface area contributed by atoms with E-state index < -0.39 is 0 Å². The standard InChI is InChI=1S/C11H16N4OS2/c1-7-13-8(6-18-7)5-10-14-11(16-15-10)9(12)3-4-17-2/h6,9H,3-5,12H2,1-2H3/t9-/m0/s1. The summed E-state index contributed by atoms with van der Waals surface area (Å²) in [6, 6.07) is -0.170. The molecule has 2 aromatic rings. The fraction of sp³-hybridized carbons (Fsp3) is 0.545. The van der Waals surface area contributed by atoms with Crippen molar-refractivity contribution in [3.8, 4) is 0 Å². The zero-order chi connectivity index (χ0) is 13.0. The molecular formula is C11H16N4OS2. The first-order valence-corrected chi connectivity index (χ1v) is 7.94. The maximum atomic E-state index is 5.97. The number of aryl methyl sites for hydroxylation is 1. The highest BCUT2D eigenvalue weighted by molar-refractivity contribution is 7.98. The van der Waals surface area contributed by atoms with Crippen molar-refractivity contribution in [2.45, 2.75) is 25.8 Å². The number of thiazole rings is 1. The van der Waals surface area contributed by atoms with Gasteiger partial charge in [0.2, 0.25) is 5.89 Å². The lowest BCUT2D eigenvalue weighted by atomic mass is 10.2. The average molecular weight is 284 g/mol. The van der Waals surface area contributed by atoms with E-state index in [0.717, 1.165) is 22.9 Å². The molecule has 0 aliphatic heterocycles. The van der Waals surface area contributed by atoms with Crippen LogP contribution in [0.1, 0.15) is 34.9 Å². The van der Waals surface area contributed by atoms with Crippen molar-refractivity contribution < 1.29 is 4.52 Å². The molecule has 0 aliphatic carbocycles. The normalized spacial score (nSPS) is 12.8. The molecule has 1 atom stereocenters. The molecule has 0 saturated carbocycles. The molecule has 2 heterocycles. The summed E-state index contributed by atoms with van der Waals surface area (Å²) >= 11 is 3.38. The Bertz CT molecular complexity index is 497. The van der Waals surface area contributed by atoms with E-state index in [9.17, 15) is 0 Å². The van der Waals surface area contributed by atoms with Crippen molar-refractivity contribution in [3.63, 3.8) is 0 Å². The van der Waals surface area contributed by atoms with Crippen molar-refractivity contribution in [2.24, 2.45) is 5.73 Å². The molecule has 18 heavy (non-hydrogen) atoms. The molecule has 0 radical (unpaired) electrons. The topological polar surface area (TPSA) is 77.8 Å². The molecule has 5 nitrogen and oxygen atoms in total. The van der Waals surface area contributed by atoms with E-state index in [1.807, 2.05) is 12.3 Å². The van der Waals surface area contributed by atoms with Crippen molar-refractivity contribution in [2.75, 3.05) is 12.0 Å². The van der Waals surface area contributed by atoms with Gasteiger partial charge in [-0.2, -0.15) is 16.7 Å². The zero-order valence-corrected chi connectivity index (χ0v) is 12.1. The molecule has 7 heteroatoms. The molecule has 0 unspecified atom stereocenters. The van der Waals surface area contributed by atoms with Crippen LogP contribution in [0.4, 0.5) is 0 Å². The Morgan fingerprint density at radius 1 is 1.50 bits per heavy atom. The van der Waals surface area contributed by atoms with Crippen molar-refractivity contribution in [3.05, 3.63) is 27.8 Å². The molecule has 98 valence electrons. The fourth-order valence-electron chi connectivity index (χ4n) is 1.51. The predicted molar refractivity (Wildman–Crippen MR) is 73.9 cm³/mol. The van der Waals surface area contributed by atoms with Gasteiger partial charge in [-0.3, -0.25) is 0 Å². The molecule has 0 fully saturated rings. The van der Waals surface area contributed by atoms with Gasteiger partial charge in [0, 0.05) is 5.38 Å². The highest BCUT2D eigenvalue weighted by Crippen LogP contribution is 2.16. The van der Waals surface area contributed by atoms with E-state index in [2.05, 4.69) is 21.4 Å². The number of hydrogen-bond donors (Lipinski definition) is 1. The molecule has 0 amide bonds. The highest BCUT2D eigenvalue weighted by Gasteiger charge is 2.15. The van der Waals surface area contributed by atoms with Crippen LogP contribution in [0.25, 0.3) is 0 Å². The minimum absolute atomic E-state index is 0.170. The summed E-state index contributed by atoms with van der Waals surface area (Å²) in [5.41, 5.74) is 6.94. The zero-order valence-electron chi connectivity index (χ0n) is 10.4. The Hall–Kier alpha value is -0.920. The largest absolute Gasteiger partial charge is 0.338 e. The van der Waals surface area contributed by atoms with Crippen LogP contribution in [0.3, 0.4) is 0 Å². The van der Waals surface area contributed by atoms with Gasteiger partial charge in [-0.05, 0) is 25.4 Å². The SMILES string of the molecule is CSCC[C@H](N)c1nc(Cc2csc(C)n2)no1. The Morgan fingerprint density at radius 2 is 2.33 bits per heavy atom. The van der Waals surface area contributed by atoms with Crippen molar-refractivity contribution in [1.82, 2.24) is 15.1 Å². The van der Waals surface area contributed by atoms with Crippen LogP contribution in [-0.4, -0.2) is 27.1 Å². The van der Waals surface area contributed by atoms with Gasteiger partial charge in [-0.15, -0.1) is 11.3 Å². The average Bonchev–Trinajstić information content (AvgIpc) is 2.96. The van der Waals surface area contributed by atoms with Crippen LogP contribution in [0.2, 0.25) is 0 Å². The summed E-state index contributed by atoms with van der Waals surface area (Å²) in [5.74, 6) is 2.16. The quantitative estimate of drug-likeness (QED) is 0.876. The minimum atomic E-state index is -0.170. The van der Waals surface area contributed by atoms with E-state index in [1.165, 1.54) is 0 Å². The predicted octanol–water partition coefficient (Wildman–Crippen LogP) is 2.18. The van der Waals surface area contributed by atoms with Crippen LogP contribution in [0, 0.1) is 6.92 Å². The number of hydrogen-bond acceptors (Lipinski definition) is 7. The van der Waals surface area contributed by atoms with Gasteiger partial charge in [-0.25, -0.2) is 4.98 Å². The Labute approximate surface area is 114 Å². The third-order valence-electron chi connectivity index (χ3n) is 2.44. The van der Waals surface area contributed by atoms with Gasteiger partial charge in [0.05, 0.1) is 23.2 Å². The van der Waals surface area contributed by atoms with Crippen LogP contribution in [0.15, 0.2) is 9.90 Å². The maximum absolute atomic E-state index is 5.97. The van der Waals surface area contributed by atoms with E-state index in [0.29, 0.717) is 18.1 Å². The van der Waals surface area contributed by atoms with Gasteiger partial charge < -0.3 is 10.3 Å². The van der Waals surface area contributed by atoms with Crippen molar-refractivity contribution in [1.29, 1.82) is 0 Å². The molecule has 0 spiro atoms. The number of thioether (sulfide) groups is 1. The third kappa shape index (κ3) is 3.54. The lowest BCUT2D eigenvalue weighted by molar-refractivity contribution is 0.349. The second-order valence-electron chi connectivity index (χ2n) is 3.97. The summed E-state index contributed by atoms with van der Waals surface area (Å²) in [7, 11) is 0. The molecule has 2 rings (SSSR count). The molecule has 2 N–H and O–H groups in total. The third-order valence-corrected chi connectivity index (χ3v) is 3.91. The van der Waals surface area contributed by atoms with Crippen molar-refractivity contribution >= 4 is 23.1 Å². The van der Waals surface area contributed by atoms with Gasteiger partial charge in [0.25, 0.3) is 0 Å². The molecular weight excluding hydrogens is 268 g/mol. The summed E-state index contributed by atoms with van der Waals surface area (Å²) in [6.45, 7) is 1.98. The highest BCUT2D eigenvalue weighted by atomic mass is 32.2. The summed E-state index contributed by atoms with van der Waals surface area (Å²) in [4.78, 5) is 8.69. The first-order valence-electron chi connectivity index (χ1n) is 5.67. The smallest absolute Gasteiger partial charge is 0.243 e. The lowest BCUT2D eigenvalue weighted by Gasteiger charge is -2.03. The second-order valence-corrected chi connectivity index (χ2v) is 6.02. The number of nitrogens with two attached hydrogens (primary N) is 1. The first kappa shape index (κ1) is 13.5. The van der Waals surface area contributed by atoms with Gasteiger partial charge >= 0.3 is 0 Å². The molecule has 0 aliphatic rings. The maximum Gasteiger partial charge on any atom is 0.243 e. The fourth-order valence-corrected chi connectivity index (χ4v) is 2.61. The van der Waals surface area contributed by atoms with Crippen LogP contribution in [0.5, 0.6) is 0 Å². The van der Waals surface area contributed by atoms with E-state index in [4.69, 9.17) is 10.3 Å². The van der Waals surface area contributed by atoms with Gasteiger partial charge in [0.1, 0.15) is 0 Å². The Kier molecular flexibility index (Phi) is 4.73.